The summed E-state index contributed by atoms with van der Waals surface area (Å²) in [5.41, 5.74) is 5.66. The Labute approximate surface area is 120 Å². The van der Waals surface area contributed by atoms with E-state index < -0.39 is 5.54 Å². The molecular formula is C15H23ClN2O. The number of amides is 1. The van der Waals surface area contributed by atoms with Crippen molar-refractivity contribution in [3.8, 4) is 0 Å². The van der Waals surface area contributed by atoms with Crippen LogP contribution in [0.3, 0.4) is 0 Å². The number of anilines is 1. The predicted octanol–water partition coefficient (Wildman–Crippen LogP) is 3.82. The van der Waals surface area contributed by atoms with Crippen LogP contribution in [0, 0.1) is 5.92 Å². The van der Waals surface area contributed by atoms with Crippen molar-refractivity contribution in [3.63, 3.8) is 0 Å². The van der Waals surface area contributed by atoms with E-state index in [0.717, 1.165) is 12.1 Å². The second-order valence-electron chi connectivity index (χ2n) is 5.12. The Morgan fingerprint density at radius 3 is 2.53 bits per heavy atom. The van der Waals surface area contributed by atoms with Crippen molar-refractivity contribution in [3.05, 3.63) is 29.3 Å². The molecule has 0 saturated heterocycles. The fourth-order valence-electron chi connectivity index (χ4n) is 2.18. The summed E-state index contributed by atoms with van der Waals surface area (Å²) in [7, 11) is 0. The van der Waals surface area contributed by atoms with Gasteiger partial charge in [0.25, 0.3) is 0 Å². The Morgan fingerprint density at radius 2 is 2.05 bits per heavy atom. The molecule has 0 aliphatic heterocycles. The summed E-state index contributed by atoms with van der Waals surface area (Å²) in [6.07, 6.45) is 2.36. The van der Waals surface area contributed by atoms with E-state index in [-0.39, 0.29) is 5.91 Å². The highest BCUT2D eigenvalue weighted by Gasteiger charge is 2.36. The summed E-state index contributed by atoms with van der Waals surface area (Å²) in [5.74, 6) is 0.0951. The van der Waals surface area contributed by atoms with Gasteiger partial charge in [0.1, 0.15) is 5.54 Å². The molecule has 1 aromatic carbocycles. The van der Waals surface area contributed by atoms with Crippen LogP contribution in [-0.2, 0) is 4.79 Å². The number of hydrogen-bond acceptors (Lipinski definition) is 2. The third-order valence-corrected chi connectivity index (χ3v) is 4.05. The van der Waals surface area contributed by atoms with Crippen LogP contribution in [0.4, 0.5) is 5.69 Å². The Bertz CT molecular complexity index is 436. The van der Waals surface area contributed by atoms with E-state index in [2.05, 4.69) is 19.2 Å². The number of carbonyl (C=O) groups is 1. The fraction of sp³-hybridized carbons (Fsp3) is 0.533. The number of halogens is 1. The van der Waals surface area contributed by atoms with Gasteiger partial charge in [-0.2, -0.15) is 0 Å². The number of primary amides is 1. The number of nitrogens with one attached hydrogen (secondary N) is 1. The van der Waals surface area contributed by atoms with Crippen LogP contribution < -0.4 is 11.1 Å². The monoisotopic (exact) mass is 282 g/mol. The molecule has 0 aliphatic rings. The molecule has 19 heavy (non-hydrogen) atoms. The minimum absolute atomic E-state index is 0.324. The van der Waals surface area contributed by atoms with Gasteiger partial charge in [0, 0.05) is 0 Å². The predicted molar refractivity (Wildman–Crippen MR) is 81.4 cm³/mol. The molecule has 0 aromatic heterocycles. The lowest BCUT2D eigenvalue weighted by molar-refractivity contribution is -0.123. The van der Waals surface area contributed by atoms with E-state index in [4.69, 9.17) is 17.3 Å². The van der Waals surface area contributed by atoms with Crippen LogP contribution in [0.5, 0.6) is 0 Å². The van der Waals surface area contributed by atoms with Gasteiger partial charge in [0.2, 0.25) is 5.91 Å². The Morgan fingerprint density at radius 1 is 1.42 bits per heavy atom. The SMILES string of the molecule is CCC(C)CC(CC)(Nc1ccccc1Cl)C(N)=O. The van der Waals surface area contributed by atoms with Gasteiger partial charge in [-0.3, -0.25) is 4.79 Å². The number of hydrogen-bond donors (Lipinski definition) is 2. The third-order valence-electron chi connectivity index (χ3n) is 3.72. The first kappa shape index (κ1) is 15.8. The molecule has 3 nitrogen and oxygen atoms in total. The molecule has 0 spiro atoms. The molecule has 0 heterocycles. The standard InChI is InChI=1S/C15H23ClN2O/c1-4-11(3)10-15(5-2,14(17)19)18-13-9-7-6-8-12(13)16/h6-9,11,18H,4-5,10H2,1-3H3,(H2,17,19). The van der Waals surface area contributed by atoms with Crippen LogP contribution >= 0.6 is 11.6 Å². The highest BCUT2D eigenvalue weighted by Crippen LogP contribution is 2.30. The van der Waals surface area contributed by atoms with E-state index in [0.29, 0.717) is 23.8 Å². The van der Waals surface area contributed by atoms with E-state index in [9.17, 15) is 4.79 Å². The molecule has 0 saturated carbocycles. The second-order valence-corrected chi connectivity index (χ2v) is 5.53. The average Bonchev–Trinajstić information content (AvgIpc) is 2.39. The highest BCUT2D eigenvalue weighted by atomic mass is 35.5. The molecule has 0 aliphatic carbocycles. The molecule has 1 amide bonds. The van der Waals surface area contributed by atoms with Gasteiger partial charge in [-0.05, 0) is 30.9 Å². The van der Waals surface area contributed by atoms with E-state index >= 15 is 0 Å². The number of benzene rings is 1. The molecule has 4 heteroatoms. The van der Waals surface area contributed by atoms with Crippen LogP contribution in [-0.4, -0.2) is 11.4 Å². The van der Waals surface area contributed by atoms with Gasteiger partial charge >= 0.3 is 0 Å². The zero-order valence-electron chi connectivity index (χ0n) is 11.9. The van der Waals surface area contributed by atoms with Crippen LogP contribution in [0.1, 0.15) is 40.0 Å². The summed E-state index contributed by atoms with van der Waals surface area (Å²) in [6, 6.07) is 7.42. The van der Waals surface area contributed by atoms with Crippen LogP contribution in [0.15, 0.2) is 24.3 Å². The smallest absolute Gasteiger partial charge is 0.243 e. The lowest BCUT2D eigenvalue weighted by Gasteiger charge is -2.34. The maximum absolute atomic E-state index is 11.9. The Kier molecular flexibility index (Phi) is 5.67. The summed E-state index contributed by atoms with van der Waals surface area (Å²) >= 11 is 6.15. The second kappa shape index (κ2) is 6.80. The molecule has 0 radical (unpaired) electrons. The maximum atomic E-state index is 11.9. The number of rotatable bonds is 7. The van der Waals surface area contributed by atoms with Crippen LogP contribution in [0.25, 0.3) is 0 Å². The molecule has 2 unspecified atom stereocenters. The van der Waals surface area contributed by atoms with Gasteiger partial charge < -0.3 is 11.1 Å². The number of para-hydroxylation sites is 1. The lowest BCUT2D eigenvalue weighted by atomic mass is 9.83. The topological polar surface area (TPSA) is 55.1 Å². The quantitative estimate of drug-likeness (QED) is 0.799. The normalized spacial score (nSPS) is 15.6. The molecule has 106 valence electrons. The summed E-state index contributed by atoms with van der Waals surface area (Å²) in [4.78, 5) is 11.9. The van der Waals surface area contributed by atoms with Gasteiger partial charge in [-0.1, -0.05) is 50.9 Å². The molecule has 1 rings (SSSR count). The van der Waals surface area contributed by atoms with E-state index in [1.54, 1.807) is 6.07 Å². The van der Waals surface area contributed by atoms with Gasteiger partial charge in [0.05, 0.1) is 10.7 Å². The first-order valence-electron chi connectivity index (χ1n) is 6.77. The lowest BCUT2D eigenvalue weighted by Crippen LogP contribution is -2.51. The Balaban J connectivity index is 3.04. The first-order chi connectivity index (χ1) is 8.95. The summed E-state index contributed by atoms with van der Waals surface area (Å²) in [6.45, 7) is 6.21. The zero-order valence-corrected chi connectivity index (χ0v) is 12.6. The van der Waals surface area contributed by atoms with Crippen LogP contribution in [0.2, 0.25) is 5.02 Å². The average molecular weight is 283 g/mol. The fourth-order valence-corrected chi connectivity index (χ4v) is 2.36. The van der Waals surface area contributed by atoms with E-state index in [1.165, 1.54) is 0 Å². The van der Waals surface area contributed by atoms with Crippen molar-refractivity contribution in [1.82, 2.24) is 0 Å². The summed E-state index contributed by atoms with van der Waals surface area (Å²) in [5, 5.41) is 3.87. The van der Waals surface area contributed by atoms with Crippen molar-refractivity contribution in [2.75, 3.05) is 5.32 Å². The Hall–Kier alpha value is -1.22. The van der Waals surface area contributed by atoms with E-state index in [1.807, 2.05) is 25.1 Å². The van der Waals surface area contributed by atoms with Crippen molar-refractivity contribution >= 4 is 23.2 Å². The van der Waals surface area contributed by atoms with Crippen molar-refractivity contribution in [2.24, 2.45) is 11.7 Å². The minimum Gasteiger partial charge on any atom is -0.370 e. The van der Waals surface area contributed by atoms with Gasteiger partial charge in [0.15, 0.2) is 0 Å². The van der Waals surface area contributed by atoms with Crippen molar-refractivity contribution in [1.29, 1.82) is 0 Å². The van der Waals surface area contributed by atoms with Gasteiger partial charge in [-0.15, -0.1) is 0 Å². The molecule has 3 N–H and O–H groups in total. The summed E-state index contributed by atoms with van der Waals surface area (Å²) < 4.78 is 0. The molecule has 0 fully saturated rings. The molecule has 2 atom stereocenters. The minimum atomic E-state index is -0.736. The van der Waals surface area contributed by atoms with Gasteiger partial charge in [-0.25, -0.2) is 0 Å². The molecule has 0 bridgehead atoms. The van der Waals surface area contributed by atoms with Crippen molar-refractivity contribution in [2.45, 2.75) is 45.6 Å². The first-order valence-corrected chi connectivity index (χ1v) is 7.15. The van der Waals surface area contributed by atoms with Crippen molar-refractivity contribution < 1.29 is 4.79 Å². The molecule has 1 aromatic rings. The zero-order chi connectivity index (χ0) is 14.5. The highest BCUT2D eigenvalue weighted by molar-refractivity contribution is 6.33. The molecular weight excluding hydrogens is 260 g/mol. The number of carbonyl (C=O) groups excluding carboxylic acids is 1. The largest absolute Gasteiger partial charge is 0.370 e. The maximum Gasteiger partial charge on any atom is 0.243 e. The number of nitrogens with two attached hydrogens (primary N) is 1. The third kappa shape index (κ3) is 3.87.